The predicted octanol–water partition coefficient (Wildman–Crippen LogP) is 0.274. The van der Waals surface area contributed by atoms with Crippen molar-refractivity contribution in [3.63, 3.8) is 0 Å². The summed E-state index contributed by atoms with van der Waals surface area (Å²) in [5.74, 6) is -1.09. The van der Waals surface area contributed by atoms with Crippen LogP contribution in [0.25, 0.3) is 0 Å². The van der Waals surface area contributed by atoms with Crippen LogP contribution < -0.4 is 10.6 Å². The Morgan fingerprint density at radius 3 is 2.81 bits per heavy atom. The van der Waals surface area contributed by atoms with E-state index in [1.807, 2.05) is 0 Å². The van der Waals surface area contributed by atoms with Gasteiger partial charge in [-0.15, -0.1) is 0 Å². The van der Waals surface area contributed by atoms with Gasteiger partial charge in [-0.05, 0) is 19.3 Å². The normalized spacial score (nSPS) is 17.6. The highest BCUT2D eigenvalue weighted by Crippen LogP contribution is 2.34. The van der Waals surface area contributed by atoms with E-state index in [0.717, 1.165) is 19.3 Å². The summed E-state index contributed by atoms with van der Waals surface area (Å²) in [6.45, 7) is 0.381. The summed E-state index contributed by atoms with van der Waals surface area (Å²) in [4.78, 5) is 29.6. The topological polar surface area (TPSA) is 116 Å². The third-order valence-corrected chi connectivity index (χ3v) is 3.85. The Labute approximate surface area is 122 Å². The van der Waals surface area contributed by atoms with E-state index in [4.69, 9.17) is 9.84 Å². The molecule has 2 amide bonds. The van der Waals surface area contributed by atoms with Gasteiger partial charge in [0, 0.05) is 32.0 Å². The van der Waals surface area contributed by atoms with Crippen molar-refractivity contribution in [2.45, 2.75) is 37.3 Å². The summed E-state index contributed by atoms with van der Waals surface area (Å²) >= 11 is 0. The minimum absolute atomic E-state index is 0.151. The fourth-order valence-electron chi connectivity index (χ4n) is 2.29. The molecule has 1 fully saturated rings. The molecule has 0 unspecified atom stereocenters. The number of ether oxygens (including phenoxy) is 1. The van der Waals surface area contributed by atoms with Crippen LogP contribution in [0.4, 0.5) is 4.79 Å². The smallest absolute Gasteiger partial charge is 0.326 e. The summed E-state index contributed by atoms with van der Waals surface area (Å²) in [7, 11) is 1.62. The standard InChI is InChI=1S/C13H20N4O4/c1-21-13(3-2-4-13)7-15-12(20)17-10(11(18)19)5-9-6-14-8-16-9/h6,8,10H,2-5,7H2,1H3,(H,14,16)(H,18,19)(H2,15,17,20)/t10-/m0/s1. The van der Waals surface area contributed by atoms with E-state index in [-0.39, 0.29) is 12.0 Å². The Bertz CT molecular complexity index is 479. The van der Waals surface area contributed by atoms with Crippen LogP contribution in [0.2, 0.25) is 0 Å². The van der Waals surface area contributed by atoms with Crippen molar-refractivity contribution < 1.29 is 19.4 Å². The first-order valence-electron chi connectivity index (χ1n) is 6.84. The third-order valence-electron chi connectivity index (χ3n) is 3.85. The number of nitrogens with zero attached hydrogens (tertiary/aromatic N) is 1. The molecular formula is C13H20N4O4. The molecule has 8 heteroatoms. The molecule has 0 aliphatic heterocycles. The van der Waals surface area contributed by atoms with Crippen molar-refractivity contribution in [3.8, 4) is 0 Å². The molecule has 0 bridgehead atoms. The minimum atomic E-state index is -1.09. The van der Waals surface area contributed by atoms with Gasteiger partial charge < -0.3 is 25.5 Å². The number of carboxylic acids is 1. The van der Waals surface area contributed by atoms with Gasteiger partial charge >= 0.3 is 12.0 Å². The van der Waals surface area contributed by atoms with Crippen molar-refractivity contribution >= 4 is 12.0 Å². The number of carbonyl (C=O) groups is 2. The van der Waals surface area contributed by atoms with Crippen LogP contribution in [-0.2, 0) is 16.0 Å². The van der Waals surface area contributed by atoms with Gasteiger partial charge in [0.05, 0.1) is 11.9 Å². The molecule has 0 spiro atoms. The SMILES string of the molecule is COC1(CNC(=O)N[C@@H](Cc2cnc[nH]2)C(=O)O)CCC1. The molecule has 1 heterocycles. The third kappa shape index (κ3) is 3.94. The number of H-pyrrole nitrogens is 1. The number of hydrogen-bond donors (Lipinski definition) is 4. The van der Waals surface area contributed by atoms with Crippen molar-refractivity contribution in [3.05, 3.63) is 18.2 Å². The second kappa shape index (κ2) is 6.57. The van der Waals surface area contributed by atoms with Crippen LogP contribution >= 0.6 is 0 Å². The van der Waals surface area contributed by atoms with Crippen LogP contribution in [0.1, 0.15) is 25.0 Å². The Kier molecular flexibility index (Phi) is 4.79. The number of aromatic nitrogens is 2. The zero-order chi connectivity index (χ0) is 15.3. The summed E-state index contributed by atoms with van der Waals surface area (Å²) < 4.78 is 5.39. The average Bonchev–Trinajstić information content (AvgIpc) is 2.90. The number of urea groups is 1. The molecule has 2 rings (SSSR count). The lowest BCUT2D eigenvalue weighted by Gasteiger charge is -2.40. The Morgan fingerprint density at radius 1 is 1.57 bits per heavy atom. The number of aliphatic carboxylic acids is 1. The Hall–Kier alpha value is -2.09. The minimum Gasteiger partial charge on any atom is -0.480 e. The highest BCUT2D eigenvalue weighted by Gasteiger charge is 2.37. The second-order valence-corrected chi connectivity index (χ2v) is 5.24. The van der Waals surface area contributed by atoms with Crippen LogP contribution in [0, 0.1) is 0 Å². The molecule has 1 aliphatic carbocycles. The number of rotatable bonds is 7. The lowest BCUT2D eigenvalue weighted by atomic mass is 9.80. The van der Waals surface area contributed by atoms with Crippen LogP contribution in [-0.4, -0.2) is 52.4 Å². The fourth-order valence-corrected chi connectivity index (χ4v) is 2.29. The fraction of sp³-hybridized carbons (Fsp3) is 0.615. The highest BCUT2D eigenvalue weighted by molar-refractivity contribution is 5.82. The van der Waals surface area contributed by atoms with E-state index in [9.17, 15) is 9.59 Å². The number of methoxy groups -OCH3 is 1. The lowest BCUT2D eigenvalue weighted by molar-refractivity contribution is -0.139. The second-order valence-electron chi connectivity index (χ2n) is 5.24. The maximum absolute atomic E-state index is 11.8. The molecule has 1 aromatic rings. The summed E-state index contributed by atoms with van der Waals surface area (Å²) in [6.07, 6.45) is 6.03. The van der Waals surface area contributed by atoms with E-state index in [1.54, 1.807) is 7.11 Å². The molecule has 1 saturated carbocycles. The van der Waals surface area contributed by atoms with E-state index >= 15 is 0 Å². The van der Waals surface area contributed by atoms with E-state index in [1.165, 1.54) is 12.5 Å². The molecule has 0 saturated heterocycles. The first-order chi connectivity index (χ1) is 10.0. The number of amides is 2. The van der Waals surface area contributed by atoms with Gasteiger partial charge in [0.15, 0.2) is 0 Å². The molecule has 8 nitrogen and oxygen atoms in total. The number of aromatic amines is 1. The molecule has 4 N–H and O–H groups in total. The van der Waals surface area contributed by atoms with Gasteiger partial charge in [0.1, 0.15) is 6.04 Å². The van der Waals surface area contributed by atoms with Crippen LogP contribution in [0.5, 0.6) is 0 Å². The molecule has 116 valence electrons. The van der Waals surface area contributed by atoms with Gasteiger partial charge in [-0.25, -0.2) is 14.6 Å². The zero-order valence-corrected chi connectivity index (χ0v) is 11.9. The lowest BCUT2D eigenvalue weighted by Crippen LogP contribution is -2.54. The number of carboxylic acid groups (broad SMARTS) is 1. The first kappa shape index (κ1) is 15.3. The molecule has 1 aromatic heterocycles. The zero-order valence-electron chi connectivity index (χ0n) is 11.9. The summed E-state index contributed by atoms with van der Waals surface area (Å²) in [5, 5.41) is 14.3. The number of imidazole rings is 1. The van der Waals surface area contributed by atoms with Gasteiger partial charge in [0.25, 0.3) is 0 Å². The maximum Gasteiger partial charge on any atom is 0.326 e. The van der Waals surface area contributed by atoms with Crippen molar-refractivity contribution in [2.75, 3.05) is 13.7 Å². The highest BCUT2D eigenvalue weighted by atomic mass is 16.5. The largest absolute Gasteiger partial charge is 0.480 e. The van der Waals surface area contributed by atoms with Gasteiger partial charge in [-0.3, -0.25) is 0 Å². The van der Waals surface area contributed by atoms with E-state index in [2.05, 4.69) is 20.6 Å². The molecule has 1 atom stereocenters. The van der Waals surface area contributed by atoms with Crippen LogP contribution in [0.15, 0.2) is 12.5 Å². The Morgan fingerprint density at radius 2 is 2.33 bits per heavy atom. The first-order valence-corrected chi connectivity index (χ1v) is 6.84. The number of hydrogen-bond acceptors (Lipinski definition) is 4. The van der Waals surface area contributed by atoms with Crippen molar-refractivity contribution in [1.82, 2.24) is 20.6 Å². The molecule has 0 aromatic carbocycles. The van der Waals surface area contributed by atoms with E-state index < -0.39 is 18.0 Å². The number of carbonyl (C=O) groups excluding carboxylic acids is 1. The van der Waals surface area contributed by atoms with Gasteiger partial charge in [-0.2, -0.15) is 0 Å². The molecule has 1 aliphatic rings. The van der Waals surface area contributed by atoms with Gasteiger partial charge in [0.2, 0.25) is 0 Å². The molecular weight excluding hydrogens is 276 g/mol. The Balaban J connectivity index is 1.82. The van der Waals surface area contributed by atoms with E-state index in [0.29, 0.717) is 12.2 Å². The van der Waals surface area contributed by atoms with Gasteiger partial charge in [-0.1, -0.05) is 0 Å². The molecule has 0 radical (unpaired) electrons. The quantitative estimate of drug-likeness (QED) is 0.576. The summed E-state index contributed by atoms with van der Waals surface area (Å²) in [6, 6.07) is -1.52. The monoisotopic (exact) mass is 296 g/mol. The predicted molar refractivity (Wildman–Crippen MR) is 73.8 cm³/mol. The summed E-state index contributed by atoms with van der Waals surface area (Å²) in [5.41, 5.74) is 0.356. The number of nitrogens with one attached hydrogen (secondary N) is 3. The average molecular weight is 296 g/mol. The van der Waals surface area contributed by atoms with Crippen LogP contribution in [0.3, 0.4) is 0 Å². The van der Waals surface area contributed by atoms with Crippen molar-refractivity contribution in [1.29, 1.82) is 0 Å². The van der Waals surface area contributed by atoms with Crippen molar-refractivity contribution in [2.24, 2.45) is 0 Å². The molecule has 21 heavy (non-hydrogen) atoms. The maximum atomic E-state index is 11.8.